The lowest BCUT2D eigenvalue weighted by Gasteiger charge is -2.25. The van der Waals surface area contributed by atoms with E-state index in [1.54, 1.807) is 11.8 Å². The van der Waals surface area contributed by atoms with Crippen molar-refractivity contribution in [1.29, 1.82) is 0 Å². The summed E-state index contributed by atoms with van der Waals surface area (Å²) in [6.45, 7) is 3.13. The van der Waals surface area contributed by atoms with Crippen LogP contribution in [0, 0.1) is 4.84 Å². The number of rotatable bonds is 6. The SMILES string of the molecule is CCN(Cn1nc(-c2ccc(OC)cc2)oc1=S)[C@H]1CCS(=O)(=O)C1. The highest BCUT2D eigenvalue weighted by Crippen LogP contribution is 2.22. The van der Waals surface area contributed by atoms with Gasteiger partial charge in [0.15, 0.2) is 9.84 Å². The average molecular weight is 383 g/mol. The van der Waals surface area contributed by atoms with Crippen molar-refractivity contribution in [3.8, 4) is 17.2 Å². The molecule has 1 aliphatic heterocycles. The molecule has 7 nitrogen and oxygen atoms in total. The molecule has 9 heteroatoms. The number of hydrogen-bond acceptors (Lipinski definition) is 7. The Bertz CT molecular complexity index is 887. The molecule has 0 unspecified atom stereocenters. The van der Waals surface area contributed by atoms with Crippen LogP contribution in [0.3, 0.4) is 0 Å². The molecule has 136 valence electrons. The van der Waals surface area contributed by atoms with Gasteiger partial charge in [-0.3, -0.25) is 4.90 Å². The first-order chi connectivity index (χ1) is 11.9. The van der Waals surface area contributed by atoms with Crippen molar-refractivity contribution in [3.63, 3.8) is 0 Å². The maximum Gasteiger partial charge on any atom is 0.288 e. The Morgan fingerprint density at radius 1 is 1.40 bits per heavy atom. The number of methoxy groups -OCH3 is 1. The van der Waals surface area contributed by atoms with E-state index < -0.39 is 9.84 Å². The van der Waals surface area contributed by atoms with Gasteiger partial charge in [-0.1, -0.05) is 6.92 Å². The van der Waals surface area contributed by atoms with E-state index in [2.05, 4.69) is 10.00 Å². The van der Waals surface area contributed by atoms with Crippen LogP contribution in [-0.2, 0) is 16.5 Å². The van der Waals surface area contributed by atoms with E-state index in [0.29, 0.717) is 25.5 Å². The quantitative estimate of drug-likeness (QED) is 0.709. The van der Waals surface area contributed by atoms with Crippen molar-refractivity contribution in [3.05, 3.63) is 29.1 Å². The van der Waals surface area contributed by atoms with E-state index >= 15 is 0 Å². The molecule has 1 aromatic heterocycles. The van der Waals surface area contributed by atoms with Crippen molar-refractivity contribution in [2.75, 3.05) is 25.2 Å². The zero-order chi connectivity index (χ0) is 18.0. The third-order valence-corrected chi connectivity index (χ3v) is 6.43. The molecule has 1 aromatic carbocycles. The Hall–Kier alpha value is -1.71. The van der Waals surface area contributed by atoms with Gasteiger partial charge in [0.25, 0.3) is 4.84 Å². The Labute approximate surface area is 152 Å². The van der Waals surface area contributed by atoms with Crippen LogP contribution in [0.4, 0.5) is 0 Å². The first-order valence-electron chi connectivity index (χ1n) is 8.08. The fourth-order valence-electron chi connectivity index (χ4n) is 2.95. The number of nitrogens with zero attached hydrogens (tertiary/aromatic N) is 3. The zero-order valence-electron chi connectivity index (χ0n) is 14.2. The lowest BCUT2D eigenvalue weighted by molar-refractivity contribution is 0.162. The van der Waals surface area contributed by atoms with E-state index in [1.807, 2.05) is 31.2 Å². The Kier molecular flexibility index (Phi) is 5.26. The number of benzene rings is 1. The smallest absolute Gasteiger partial charge is 0.288 e. The van der Waals surface area contributed by atoms with Crippen molar-refractivity contribution in [2.45, 2.75) is 26.1 Å². The lowest BCUT2D eigenvalue weighted by atomic mass is 10.2. The first kappa shape index (κ1) is 18.1. The third kappa shape index (κ3) is 4.10. The highest BCUT2D eigenvalue weighted by Gasteiger charge is 2.32. The monoisotopic (exact) mass is 383 g/mol. The molecule has 2 aromatic rings. The molecule has 0 radical (unpaired) electrons. The standard InChI is InChI=1S/C16H21N3O4S2/c1-3-18(13-8-9-25(20,21)10-13)11-19-16(24)23-15(17-19)12-4-6-14(22-2)7-5-12/h4-7,13H,3,8-11H2,1-2H3/t13-/m0/s1. The summed E-state index contributed by atoms with van der Waals surface area (Å²) in [5.41, 5.74) is 0.803. The molecule has 0 bridgehead atoms. The van der Waals surface area contributed by atoms with Gasteiger partial charge >= 0.3 is 0 Å². The molecule has 1 saturated heterocycles. The number of aromatic nitrogens is 2. The highest BCUT2D eigenvalue weighted by molar-refractivity contribution is 7.91. The van der Waals surface area contributed by atoms with Crippen LogP contribution < -0.4 is 4.74 Å². The van der Waals surface area contributed by atoms with Crippen LogP contribution in [0.5, 0.6) is 5.75 Å². The summed E-state index contributed by atoms with van der Waals surface area (Å²) >= 11 is 5.27. The van der Waals surface area contributed by atoms with Gasteiger partial charge in [0.05, 0.1) is 25.3 Å². The number of hydrogen-bond donors (Lipinski definition) is 0. The van der Waals surface area contributed by atoms with Gasteiger partial charge in [-0.15, -0.1) is 5.10 Å². The molecule has 1 atom stereocenters. The van der Waals surface area contributed by atoms with Crippen molar-refractivity contribution in [2.24, 2.45) is 0 Å². The second kappa shape index (κ2) is 7.27. The second-order valence-corrected chi connectivity index (χ2v) is 8.58. The maximum atomic E-state index is 11.7. The first-order valence-corrected chi connectivity index (χ1v) is 10.3. The molecule has 3 rings (SSSR count). The molecule has 25 heavy (non-hydrogen) atoms. The van der Waals surface area contributed by atoms with E-state index in [-0.39, 0.29) is 22.4 Å². The molecule has 1 aliphatic rings. The summed E-state index contributed by atoms with van der Waals surface area (Å²) in [6, 6.07) is 7.36. The third-order valence-electron chi connectivity index (χ3n) is 4.39. The topological polar surface area (TPSA) is 77.6 Å². The minimum absolute atomic E-state index is 0.00182. The van der Waals surface area contributed by atoms with Crippen LogP contribution in [0.15, 0.2) is 28.7 Å². The zero-order valence-corrected chi connectivity index (χ0v) is 15.8. The summed E-state index contributed by atoms with van der Waals surface area (Å²) in [5, 5.41) is 4.44. The summed E-state index contributed by atoms with van der Waals surface area (Å²) in [4.78, 5) is 2.34. The second-order valence-electron chi connectivity index (χ2n) is 6.00. The number of ether oxygens (including phenoxy) is 1. The van der Waals surface area contributed by atoms with Crippen LogP contribution in [-0.4, -0.2) is 54.3 Å². The van der Waals surface area contributed by atoms with Crippen molar-refractivity contribution < 1.29 is 17.6 Å². The Balaban J connectivity index is 1.78. The van der Waals surface area contributed by atoms with Gasteiger partial charge in [0.2, 0.25) is 5.89 Å². The van der Waals surface area contributed by atoms with Crippen molar-refractivity contribution in [1.82, 2.24) is 14.7 Å². The van der Waals surface area contributed by atoms with Gasteiger partial charge in [-0.25, -0.2) is 13.1 Å². The lowest BCUT2D eigenvalue weighted by Crippen LogP contribution is -2.37. The fraction of sp³-hybridized carbons (Fsp3) is 0.500. The van der Waals surface area contributed by atoms with Crippen LogP contribution in [0.2, 0.25) is 0 Å². The molecule has 2 heterocycles. The Morgan fingerprint density at radius 2 is 2.12 bits per heavy atom. The van der Waals surface area contributed by atoms with E-state index in [1.165, 1.54) is 0 Å². The largest absolute Gasteiger partial charge is 0.497 e. The van der Waals surface area contributed by atoms with Crippen LogP contribution in [0.1, 0.15) is 13.3 Å². The minimum Gasteiger partial charge on any atom is -0.497 e. The summed E-state index contributed by atoms with van der Waals surface area (Å²) in [6.07, 6.45) is 0.646. The molecule has 0 N–H and O–H groups in total. The van der Waals surface area contributed by atoms with E-state index in [9.17, 15) is 8.42 Å². The molecule has 0 spiro atoms. The van der Waals surface area contributed by atoms with Gasteiger partial charge in [0.1, 0.15) is 5.75 Å². The van der Waals surface area contributed by atoms with E-state index in [4.69, 9.17) is 21.4 Å². The molecule has 0 amide bonds. The fourth-order valence-corrected chi connectivity index (χ4v) is 4.89. The minimum atomic E-state index is -2.93. The van der Waals surface area contributed by atoms with E-state index in [0.717, 1.165) is 11.3 Å². The van der Waals surface area contributed by atoms with Gasteiger partial charge < -0.3 is 9.15 Å². The molecule has 0 aliphatic carbocycles. The number of sulfone groups is 1. The highest BCUT2D eigenvalue weighted by atomic mass is 32.2. The predicted molar refractivity (Wildman–Crippen MR) is 96.8 cm³/mol. The van der Waals surface area contributed by atoms with Crippen LogP contribution >= 0.6 is 12.2 Å². The summed E-state index contributed by atoms with van der Waals surface area (Å²) in [5.74, 6) is 1.62. The average Bonchev–Trinajstić information content (AvgIpc) is 3.15. The molecular weight excluding hydrogens is 362 g/mol. The molecular formula is C16H21N3O4S2. The summed E-state index contributed by atoms with van der Waals surface area (Å²) in [7, 11) is -1.32. The molecule has 1 fully saturated rings. The normalized spacial score (nSPS) is 19.4. The maximum absolute atomic E-state index is 11.7. The van der Waals surface area contributed by atoms with Crippen molar-refractivity contribution >= 4 is 22.1 Å². The molecule has 0 saturated carbocycles. The summed E-state index contributed by atoms with van der Waals surface area (Å²) < 4.78 is 35.8. The van der Waals surface area contributed by atoms with Gasteiger partial charge in [-0.2, -0.15) is 0 Å². The Morgan fingerprint density at radius 3 is 2.68 bits per heavy atom. The van der Waals surface area contributed by atoms with Gasteiger partial charge in [0, 0.05) is 11.6 Å². The predicted octanol–water partition coefficient (Wildman–Crippen LogP) is 2.35. The van der Waals surface area contributed by atoms with Crippen LogP contribution in [0.25, 0.3) is 11.5 Å². The van der Waals surface area contributed by atoms with Gasteiger partial charge in [-0.05, 0) is 49.4 Å².